The van der Waals surface area contributed by atoms with Gasteiger partial charge in [0.05, 0.1) is 29.8 Å². The average Bonchev–Trinajstić information content (AvgIpc) is 3.01. The molecule has 146 valence electrons. The largest absolute Gasteiger partial charge is 0.391 e. The van der Waals surface area contributed by atoms with E-state index in [1.165, 1.54) is 4.90 Å². The summed E-state index contributed by atoms with van der Waals surface area (Å²) in [6, 6.07) is 15.2. The number of nitrogens with zero attached hydrogens (tertiary/aromatic N) is 3. The summed E-state index contributed by atoms with van der Waals surface area (Å²) >= 11 is 0. The highest BCUT2D eigenvalue weighted by molar-refractivity contribution is 5.94. The Morgan fingerprint density at radius 3 is 2.46 bits per heavy atom. The van der Waals surface area contributed by atoms with Crippen LogP contribution in [0.3, 0.4) is 0 Å². The SMILES string of the molecule is Cn1c(CNc2ccc(C(=O)N3C[C@H](O)C[C@@H](O)C3)cc2)nc2ccccc21. The van der Waals surface area contributed by atoms with E-state index >= 15 is 0 Å². The third kappa shape index (κ3) is 3.72. The van der Waals surface area contributed by atoms with Gasteiger partial charge in [-0.05, 0) is 36.4 Å². The topological polar surface area (TPSA) is 90.6 Å². The number of nitrogens with one attached hydrogen (secondary N) is 1. The number of anilines is 1. The Morgan fingerprint density at radius 2 is 1.79 bits per heavy atom. The first-order valence-electron chi connectivity index (χ1n) is 9.41. The first kappa shape index (κ1) is 18.5. The smallest absolute Gasteiger partial charge is 0.254 e. The summed E-state index contributed by atoms with van der Waals surface area (Å²) < 4.78 is 2.06. The van der Waals surface area contributed by atoms with Crippen molar-refractivity contribution < 1.29 is 15.0 Å². The molecule has 0 radical (unpaired) electrons. The molecule has 0 aliphatic carbocycles. The van der Waals surface area contributed by atoms with Crippen LogP contribution in [0.4, 0.5) is 5.69 Å². The molecule has 1 aliphatic rings. The maximum Gasteiger partial charge on any atom is 0.254 e. The van der Waals surface area contributed by atoms with Crippen LogP contribution < -0.4 is 5.32 Å². The van der Waals surface area contributed by atoms with Crippen LogP contribution in [0.5, 0.6) is 0 Å². The van der Waals surface area contributed by atoms with Crippen molar-refractivity contribution in [1.82, 2.24) is 14.5 Å². The molecule has 3 N–H and O–H groups in total. The summed E-state index contributed by atoms with van der Waals surface area (Å²) in [7, 11) is 2.00. The number of piperidine rings is 1. The van der Waals surface area contributed by atoms with Gasteiger partial charge in [-0.2, -0.15) is 0 Å². The molecule has 7 nitrogen and oxygen atoms in total. The van der Waals surface area contributed by atoms with Crippen LogP contribution in [0.15, 0.2) is 48.5 Å². The molecule has 28 heavy (non-hydrogen) atoms. The molecule has 2 heterocycles. The number of aliphatic hydroxyl groups is 2. The number of carbonyl (C=O) groups excluding carboxylic acids is 1. The molecule has 2 aromatic carbocycles. The molecule has 1 aliphatic heterocycles. The van der Waals surface area contributed by atoms with E-state index in [0.29, 0.717) is 18.5 Å². The third-order valence-electron chi connectivity index (χ3n) is 5.16. The molecule has 7 heteroatoms. The van der Waals surface area contributed by atoms with Crippen LogP contribution in [0.1, 0.15) is 22.6 Å². The Kier molecular flexibility index (Phi) is 5.02. The number of fused-ring (bicyclic) bond motifs is 1. The summed E-state index contributed by atoms with van der Waals surface area (Å²) in [5.41, 5.74) is 3.48. The van der Waals surface area contributed by atoms with E-state index in [-0.39, 0.29) is 19.0 Å². The fraction of sp³-hybridized carbons (Fsp3) is 0.333. The number of benzene rings is 2. The van der Waals surface area contributed by atoms with Crippen LogP contribution in [0, 0.1) is 0 Å². The fourth-order valence-electron chi connectivity index (χ4n) is 3.66. The minimum atomic E-state index is -0.679. The lowest BCUT2D eigenvalue weighted by Gasteiger charge is -2.33. The van der Waals surface area contributed by atoms with Crippen LogP contribution in [-0.2, 0) is 13.6 Å². The number of carbonyl (C=O) groups is 1. The molecule has 2 atom stereocenters. The third-order valence-corrected chi connectivity index (χ3v) is 5.16. The summed E-state index contributed by atoms with van der Waals surface area (Å²) in [6.07, 6.45) is -1.04. The van der Waals surface area contributed by atoms with Gasteiger partial charge in [-0.15, -0.1) is 0 Å². The minimum absolute atomic E-state index is 0.181. The summed E-state index contributed by atoms with van der Waals surface area (Å²) in [6.45, 7) is 1.08. The van der Waals surface area contributed by atoms with Gasteiger partial charge in [0, 0.05) is 37.8 Å². The van der Waals surface area contributed by atoms with Crippen LogP contribution in [0.2, 0.25) is 0 Å². The Morgan fingerprint density at radius 1 is 1.11 bits per heavy atom. The average molecular weight is 380 g/mol. The van der Waals surface area contributed by atoms with Crippen molar-refractivity contribution in [2.24, 2.45) is 7.05 Å². The van der Waals surface area contributed by atoms with E-state index in [1.807, 2.05) is 43.4 Å². The molecule has 4 rings (SSSR count). The molecular formula is C21H24N4O3. The van der Waals surface area contributed by atoms with Crippen LogP contribution in [0.25, 0.3) is 11.0 Å². The predicted molar refractivity (Wildman–Crippen MR) is 107 cm³/mol. The summed E-state index contributed by atoms with van der Waals surface area (Å²) in [5, 5.41) is 22.9. The zero-order valence-corrected chi connectivity index (χ0v) is 15.7. The Labute approximate surface area is 163 Å². The zero-order valence-electron chi connectivity index (χ0n) is 15.7. The number of aryl methyl sites for hydroxylation is 1. The summed E-state index contributed by atoms with van der Waals surface area (Å²) in [5.74, 6) is 0.748. The van der Waals surface area contributed by atoms with Crippen molar-refractivity contribution in [3.63, 3.8) is 0 Å². The maximum absolute atomic E-state index is 12.6. The highest BCUT2D eigenvalue weighted by atomic mass is 16.3. The van der Waals surface area contributed by atoms with Crippen molar-refractivity contribution in [1.29, 1.82) is 0 Å². The van der Waals surface area contributed by atoms with Crippen molar-refractivity contribution in [2.45, 2.75) is 25.2 Å². The predicted octanol–water partition coefficient (Wildman–Crippen LogP) is 1.75. The number of aliphatic hydroxyl groups excluding tert-OH is 2. The number of likely N-dealkylation sites (tertiary alicyclic amines) is 1. The second-order valence-corrected chi connectivity index (χ2v) is 7.26. The molecule has 0 saturated carbocycles. The van der Waals surface area contributed by atoms with Gasteiger partial charge in [0.25, 0.3) is 5.91 Å². The second kappa shape index (κ2) is 7.61. The second-order valence-electron chi connectivity index (χ2n) is 7.26. The number of rotatable bonds is 4. The number of amides is 1. The minimum Gasteiger partial charge on any atom is -0.391 e. The molecule has 0 spiro atoms. The monoisotopic (exact) mass is 380 g/mol. The normalized spacial score (nSPS) is 19.8. The van der Waals surface area contributed by atoms with Crippen molar-refractivity contribution in [3.8, 4) is 0 Å². The Balaban J connectivity index is 1.41. The lowest BCUT2D eigenvalue weighted by Crippen LogP contribution is -2.48. The molecule has 1 amide bonds. The van der Waals surface area contributed by atoms with Crippen LogP contribution >= 0.6 is 0 Å². The van der Waals surface area contributed by atoms with E-state index in [1.54, 1.807) is 12.1 Å². The molecule has 1 aromatic heterocycles. The molecule has 0 bridgehead atoms. The van der Waals surface area contributed by atoms with E-state index in [9.17, 15) is 15.0 Å². The molecule has 1 fully saturated rings. The van der Waals surface area contributed by atoms with Gasteiger partial charge < -0.3 is 25.0 Å². The van der Waals surface area contributed by atoms with Crippen molar-refractivity contribution >= 4 is 22.6 Å². The number of imidazole rings is 1. The Hall–Kier alpha value is -2.90. The number of hydrogen-bond donors (Lipinski definition) is 3. The van der Waals surface area contributed by atoms with Crippen molar-refractivity contribution in [3.05, 3.63) is 59.9 Å². The van der Waals surface area contributed by atoms with E-state index in [0.717, 1.165) is 22.5 Å². The van der Waals surface area contributed by atoms with E-state index < -0.39 is 12.2 Å². The van der Waals surface area contributed by atoms with E-state index in [2.05, 4.69) is 14.9 Å². The molecular weight excluding hydrogens is 356 g/mol. The highest BCUT2D eigenvalue weighted by Gasteiger charge is 2.28. The van der Waals surface area contributed by atoms with Gasteiger partial charge in [-0.25, -0.2) is 4.98 Å². The van der Waals surface area contributed by atoms with Gasteiger partial charge in [-0.1, -0.05) is 12.1 Å². The first-order chi connectivity index (χ1) is 13.5. The fourth-order valence-corrected chi connectivity index (χ4v) is 3.66. The lowest BCUT2D eigenvalue weighted by molar-refractivity contribution is -0.00384. The summed E-state index contributed by atoms with van der Waals surface area (Å²) in [4.78, 5) is 18.7. The Bertz CT molecular complexity index is 973. The van der Waals surface area contributed by atoms with E-state index in [4.69, 9.17) is 0 Å². The molecule has 0 unspecified atom stereocenters. The number of β-amino-alcohol motifs (C(OH)–C–C–N with tert-alkyl or cyclic N) is 2. The molecule has 1 saturated heterocycles. The highest BCUT2D eigenvalue weighted by Crippen LogP contribution is 2.18. The number of aromatic nitrogens is 2. The number of para-hydroxylation sites is 2. The van der Waals surface area contributed by atoms with Gasteiger partial charge in [0.15, 0.2) is 0 Å². The van der Waals surface area contributed by atoms with Gasteiger partial charge in [0.2, 0.25) is 0 Å². The lowest BCUT2D eigenvalue weighted by atomic mass is 10.0. The van der Waals surface area contributed by atoms with Gasteiger partial charge >= 0.3 is 0 Å². The zero-order chi connectivity index (χ0) is 19.7. The maximum atomic E-state index is 12.6. The standard InChI is InChI=1S/C21H24N4O3/c1-24-19-5-3-2-4-18(19)23-20(24)11-22-15-8-6-14(7-9-15)21(28)25-12-16(26)10-17(27)13-25/h2-9,16-17,22,26-27H,10-13H2,1H3/t16-,17-/m1/s1. The van der Waals surface area contributed by atoms with Crippen LogP contribution in [-0.4, -0.2) is 55.9 Å². The van der Waals surface area contributed by atoms with Crippen molar-refractivity contribution in [2.75, 3.05) is 18.4 Å². The molecule has 3 aromatic rings. The quantitative estimate of drug-likeness (QED) is 0.642. The number of hydrogen-bond acceptors (Lipinski definition) is 5. The van der Waals surface area contributed by atoms with Gasteiger partial charge in [0.1, 0.15) is 5.82 Å². The first-order valence-corrected chi connectivity index (χ1v) is 9.41. The van der Waals surface area contributed by atoms with Gasteiger partial charge in [-0.3, -0.25) is 4.79 Å².